The van der Waals surface area contributed by atoms with Crippen molar-refractivity contribution in [2.24, 2.45) is 11.1 Å². The third-order valence-electron chi connectivity index (χ3n) is 3.89. The highest BCUT2D eigenvalue weighted by atomic mass is 32.1. The van der Waals surface area contributed by atoms with Gasteiger partial charge in [-0.05, 0) is 25.0 Å². The number of nitrogens with two attached hydrogens (primary N) is 1. The molecular weight excluding hydrogens is 258 g/mol. The minimum absolute atomic E-state index is 0.0293. The van der Waals surface area contributed by atoms with E-state index in [1.54, 1.807) is 18.1 Å². The van der Waals surface area contributed by atoms with Crippen molar-refractivity contribution in [2.45, 2.75) is 32.1 Å². The molecule has 5 heteroatoms. The molecule has 1 aromatic heterocycles. The standard InChI is InChI=1S/C14H19N3OS/c1-17(11-7-3-6-10-16-11)13(18)14(12(15)19)8-4-2-5-9-14/h3,6-7,10H,2,4-5,8-9H2,1H3,(H2,15,19). The van der Waals surface area contributed by atoms with Crippen LogP contribution in [0.25, 0.3) is 0 Å². The number of thiocarbonyl (C=S) groups is 1. The fraction of sp³-hybridized carbons (Fsp3) is 0.500. The van der Waals surface area contributed by atoms with Crippen LogP contribution in [0.15, 0.2) is 24.4 Å². The number of carbonyl (C=O) groups excluding carboxylic acids is 1. The van der Waals surface area contributed by atoms with E-state index in [2.05, 4.69) is 4.98 Å². The number of hydrogen-bond donors (Lipinski definition) is 1. The Labute approximate surface area is 119 Å². The Balaban J connectivity index is 2.27. The smallest absolute Gasteiger partial charge is 0.240 e. The lowest BCUT2D eigenvalue weighted by Crippen LogP contribution is -2.50. The van der Waals surface area contributed by atoms with Crippen LogP contribution in [0.5, 0.6) is 0 Å². The first kappa shape index (κ1) is 13.9. The second-order valence-corrected chi connectivity index (χ2v) is 5.50. The van der Waals surface area contributed by atoms with Gasteiger partial charge in [0.15, 0.2) is 0 Å². The summed E-state index contributed by atoms with van der Waals surface area (Å²) in [6.07, 6.45) is 6.31. The second kappa shape index (κ2) is 5.65. The number of carbonyl (C=O) groups is 1. The molecule has 1 aliphatic rings. The maximum absolute atomic E-state index is 12.8. The number of rotatable bonds is 3. The Morgan fingerprint density at radius 3 is 2.58 bits per heavy atom. The number of aromatic nitrogens is 1. The lowest BCUT2D eigenvalue weighted by molar-refractivity contribution is -0.125. The van der Waals surface area contributed by atoms with Crippen LogP contribution in [0.4, 0.5) is 5.82 Å². The van der Waals surface area contributed by atoms with Crippen LogP contribution in [0.2, 0.25) is 0 Å². The van der Waals surface area contributed by atoms with Crippen molar-refractivity contribution in [3.63, 3.8) is 0 Å². The Morgan fingerprint density at radius 2 is 2.05 bits per heavy atom. The molecule has 0 bridgehead atoms. The first-order valence-corrected chi connectivity index (χ1v) is 6.98. The van der Waals surface area contributed by atoms with Crippen LogP contribution < -0.4 is 10.6 Å². The van der Waals surface area contributed by atoms with E-state index in [9.17, 15) is 4.79 Å². The Kier molecular flexibility index (Phi) is 4.14. The highest BCUT2D eigenvalue weighted by Crippen LogP contribution is 2.38. The van der Waals surface area contributed by atoms with Crippen LogP contribution >= 0.6 is 12.2 Å². The molecule has 0 unspecified atom stereocenters. The average molecular weight is 277 g/mol. The first-order chi connectivity index (χ1) is 9.08. The van der Waals surface area contributed by atoms with Gasteiger partial charge in [0.25, 0.3) is 0 Å². The van der Waals surface area contributed by atoms with E-state index in [1.807, 2.05) is 18.2 Å². The second-order valence-electron chi connectivity index (χ2n) is 5.06. The minimum Gasteiger partial charge on any atom is -0.392 e. The third kappa shape index (κ3) is 2.61. The van der Waals surface area contributed by atoms with E-state index in [1.165, 1.54) is 0 Å². The topological polar surface area (TPSA) is 59.2 Å². The molecule has 1 saturated carbocycles. The van der Waals surface area contributed by atoms with Crippen LogP contribution in [0.1, 0.15) is 32.1 Å². The zero-order chi connectivity index (χ0) is 13.9. The summed E-state index contributed by atoms with van der Waals surface area (Å²) in [4.78, 5) is 18.9. The summed E-state index contributed by atoms with van der Waals surface area (Å²) in [5.74, 6) is 0.604. The maximum atomic E-state index is 12.8. The van der Waals surface area contributed by atoms with Crippen molar-refractivity contribution in [3.05, 3.63) is 24.4 Å². The zero-order valence-electron chi connectivity index (χ0n) is 11.1. The van der Waals surface area contributed by atoms with Crippen LogP contribution in [-0.2, 0) is 4.79 Å². The zero-order valence-corrected chi connectivity index (χ0v) is 11.9. The van der Waals surface area contributed by atoms with Gasteiger partial charge in [-0.25, -0.2) is 4.98 Å². The van der Waals surface area contributed by atoms with Gasteiger partial charge in [0.1, 0.15) is 5.82 Å². The average Bonchev–Trinajstić information content (AvgIpc) is 2.47. The van der Waals surface area contributed by atoms with Crippen molar-refractivity contribution < 1.29 is 4.79 Å². The molecule has 2 rings (SSSR count). The first-order valence-electron chi connectivity index (χ1n) is 6.57. The molecule has 2 N–H and O–H groups in total. The van der Waals surface area contributed by atoms with E-state index < -0.39 is 5.41 Å². The summed E-state index contributed by atoms with van der Waals surface area (Å²) >= 11 is 5.18. The van der Waals surface area contributed by atoms with Gasteiger partial charge in [0, 0.05) is 13.2 Å². The molecular formula is C14H19N3OS. The molecule has 0 aromatic carbocycles. The molecule has 1 fully saturated rings. The highest BCUT2D eigenvalue weighted by Gasteiger charge is 2.44. The van der Waals surface area contributed by atoms with Gasteiger partial charge in [-0.2, -0.15) is 0 Å². The molecule has 0 atom stereocenters. The molecule has 102 valence electrons. The van der Waals surface area contributed by atoms with Crippen molar-refractivity contribution in [3.8, 4) is 0 Å². The van der Waals surface area contributed by atoms with E-state index in [4.69, 9.17) is 18.0 Å². The maximum Gasteiger partial charge on any atom is 0.240 e. The number of nitrogens with zero attached hydrogens (tertiary/aromatic N) is 2. The van der Waals surface area contributed by atoms with Crippen molar-refractivity contribution in [2.75, 3.05) is 11.9 Å². The SMILES string of the molecule is CN(C(=O)C1(C(N)=S)CCCCC1)c1ccccn1. The molecule has 19 heavy (non-hydrogen) atoms. The van der Waals surface area contributed by atoms with Gasteiger partial charge < -0.3 is 5.73 Å². The van der Waals surface area contributed by atoms with E-state index in [-0.39, 0.29) is 5.91 Å². The minimum atomic E-state index is -0.681. The number of hydrogen-bond acceptors (Lipinski definition) is 3. The molecule has 0 spiro atoms. The van der Waals surface area contributed by atoms with Crippen molar-refractivity contribution >= 4 is 28.9 Å². The quantitative estimate of drug-likeness (QED) is 0.861. The van der Waals surface area contributed by atoms with E-state index in [0.717, 1.165) is 32.1 Å². The fourth-order valence-corrected chi connectivity index (χ4v) is 2.99. The van der Waals surface area contributed by atoms with Crippen molar-refractivity contribution in [1.29, 1.82) is 0 Å². The third-order valence-corrected chi connectivity index (χ3v) is 4.28. The molecule has 1 aromatic rings. The predicted octanol–water partition coefficient (Wildman–Crippen LogP) is 2.28. The molecule has 4 nitrogen and oxygen atoms in total. The van der Waals surface area contributed by atoms with Crippen LogP contribution in [0, 0.1) is 5.41 Å². The van der Waals surface area contributed by atoms with Gasteiger partial charge in [-0.15, -0.1) is 0 Å². The summed E-state index contributed by atoms with van der Waals surface area (Å²) in [6, 6.07) is 5.50. The number of pyridine rings is 1. The van der Waals surface area contributed by atoms with Crippen molar-refractivity contribution in [1.82, 2.24) is 4.98 Å². The summed E-state index contributed by atoms with van der Waals surface area (Å²) in [5, 5.41) is 0. The highest BCUT2D eigenvalue weighted by molar-refractivity contribution is 7.80. The van der Waals surface area contributed by atoms with Gasteiger partial charge in [0.2, 0.25) is 5.91 Å². The number of amides is 1. The molecule has 1 aliphatic carbocycles. The van der Waals surface area contributed by atoms with Gasteiger partial charge in [-0.3, -0.25) is 9.69 Å². The normalized spacial score (nSPS) is 17.7. The summed E-state index contributed by atoms with van der Waals surface area (Å²) in [6.45, 7) is 0. The van der Waals surface area contributed by atoms with E-state index in [0.29, 0.717) is 10.8 Å². The molecule has 1 amide bonds. The number of anilines is 1. The largest absolute Gasteiger partial charge is 0.392 e. The summed E-state index contributed by atoms with van der Waals surface area (Å²) in [7, 11) is 1.74. The molecule has 0 aliphatic heterocycles. The van der Waals surface area contributed by atoms with E-state index >= 15 is 0 Å². The van der Waals surface area contributed by atoms with Crippen LogP contribution in [-0.4, -0.2) is 22.9 Å². The Bertz CT molecular complexity index is 469. The summed E-state index contributed by atoms with van der Waals surface area (Å²) in [5.41, 5.74) is 5.20. The fourth-order valence-electron chi connectivity index (χ4n) is 2.70. The Morgan fingerprint density at radius 1 is 1.37 bits per heavy atom. The van der Waals surface area contributed by atoms with Crippen LogP contribution in [0.3, 0.4) is 0 Å². The predicted molar refractivity (Wildman–Crippen MR) is 80.0 cm³/mol. The lowest BCUT2D eigenvalue weighted by Gasteiger charge is -2.37. The van der Waals surface area contributed by atoms with Gasteiger partial charge in [-0.1, -0.05) is 37.5 Å². The Hall–Kier alpha value is -1.49. The van der Waals surface area contributed by atoms with Gasteiger partial charge >= 0.3 is 0 Å². The molecule has 1 heterocycles. The lowest BCUT2D eigenvalue weighted by atomic mass is 9.73. The molecule has 0 saturated heterocycles. The monoisotopic (exact) mass is 277 g/mol. The molecule has 0 radical (unpaired) electrons. The summed E-state index contributed by atoms with van der Waals surface area (Å²) < 4.78 is 0. The van der Waals surface area contributed by atoms with Gasteiger partial charge in [0.05, 0.1) is 10.4 Å².